The van der Waals surface area contributed by atoms with Crippen molar-refractivity contribution in [2.24, 2.45) is 5.92 Å². The number of amides is 2. The number of aromatic nitrogens is 1. The van der Waals surface area contributed by atoms with E-state index < -0.39 is 6.04 Å². The molecule has 0 bridgehead atoms. The first-order chi connectivity index (χ1) is 14.7. The molecule has 0 spiro atoms. The van der Waals surface area contributed by atoms with Gasteiger partial charge in [-0.1, -0.05) is 43.2 Å². The van der Waals surface area contributed by atoms with E-state index in [1.54, 1.807) is 18.3 Å². The predicted molar refractivity (Wildman–Crippen MR) is 112 cm³/mol. The maximum absolute atomic E-state index is 12.9. The molecule has 2 heterocycles. The van der Waals surface area contributed by atoms with Gasteiger partial charge in [-0.15, -0.1) is 0 Å². The first-order valence-electron chi connectivity index (χ1n) is 10.5. The van der Waals surface area contributed by atoms with Gasteiger partial charge in [0.25, 0.3) is 0 Å². The molecular formula is C23H27N3O4. The number of hydrogen-bond donors (Lipinski definition) is 2. The maximum atomic E-state index is 12.9. The summed E-state index contributed by atoms with van der Waals surface area (Å²) < 4.78 is 10.7. The van der Waals surface area contributed by atoms with Gasteiger partial charge in [0, 0.05) is 6.07 Å². The van der Waals surface area contributed by atoms with Crippen LogP contribution in [0, 0.1) is 5.92 Å². The van der Waals surface area contributed by atoms with Gasteiger partial charge in [-0.05, 0) is 30.4 Å². The third-order valence-electron chi connectivity index (χ3n) is 5.32. The standard InChI is InChI=1S/C23H27N3O4/c27-21(12-17-4-2-1-3-5-17)26-20(10-8-16-6-7-16)23(28)25-18-9-11-22(24-13-18)30-19-14-29-15-19/h1-5,9,11,13,16,19-20H,6-8,10,12,14-15H2,(H,25,28)(H,26,27). The van der Waals surface area contributed by atoms with Crippen molar-refractivity contribution in [1.29, 1.82) is 0 Å². The fourth-order valence-electron chi connectivity index (χ4n) is 3.31. The summed E-state index contributed by atoms with van der Waals surface area (Å²) >= 11 is 0. The topological polar surface area (TPSA) is 89.6 Å². The number of pyridine rings is 1. The molecule has 158 valence electrons. The van der Waals surface area contributed by atoms with Gasteiger partial charge in [-0.3, -0.25) is 9.59 Å². The first-order valence-corrected chi connectivity index (χ1v) is 10.5. The molecule has 2 amide bonds. The third kappa shape index (κ3) is 6.03. The van der Waals surface area contributed by atoms with Gasteiger partial charge in [-0.25, -0.2) is 4.98 Å². The van der Waals surface area contributed by atoms with Crippen molar-refractivity contribution in [2.75, 3.05) is 18.5 Å². The van der Waals surface area contributed by atoms with E-state index >= 15 is 0 Å². The maximum Gasteiger partial charge on any atom is 0.246 e. The molecule has 0 radical (unpaired) electrons. The molecular weight excluding hydrogens is 382 g/mol. The van der Waals surface area contributed by atoms with Crippen LogP contribution in [0.1, 0.15) is 31.2 Å². The Labute approximate surface area is 176 Å². The van der Waals surface area contributed by atoms with Crippen LogP contribution in [0.15, 0.2) is 48.7 Å². The van der Waals surface area contributed by atoms with Crippen molar-refractivity contribution in [3.05, 3.63) is 54.2 Å². The van der Waals surface area contributed by atoms with E-state index in [-0.39, 0.29) is 24.3 Å². The minimum Gasteiger partial charge on any atom is -0.469 e. The second-order valence-corrected chi connectivity index (χ2v) is 7.95. The van der Waals surface area contributed by atoms with Gasteiger partial charge in [-0.2, -0.15) is 0 Å². The van der Waals surface area contributed by atoms with Crippen molar-refractivity contribution < 1.29 is 19.1 Å². The van der Waals surface area contributed by atoms with E-state index in [2.05, 4.69) is 15.6 Å². The van der Waals surface area contributed by atoms with Crippen LogP contribution in [0.4, 0.5) is 5.69 Å². The zero-order valence-electron chi connectivity index (χ0n) is 16.9. The van der Waals surface area contributed by atoms with Crippen LogP contribution in [0.25, 0.3) is 0 Å². The molecule has 1 aliphatic heterocycles. The van der Waals surface area contributed by atoms with Crippen molar-refractivity contribution in [3.8, 4) is 5.88 Å². The summed E-state index contributed by atoms with van der Waals surface area (Å²) in [5.41, 5.74) is 1.50. The van der Waals surface area contributed by atoms with E-state index in [9.17, 15) is 9.59 Å². The number of anilines is 1. The molecule has 1 aromatic carbocycles. The summed E-state index contributed by atoms with van der Waals surface area (Å²) in [5, 5.41) is 5.78. The predicted octanol–water partition coefficient (Wildman–Crippen LogP) is 2.72. The Kier molecular flexibility index (Phi) is 6.59. The fraction of sp³-hybridized carbons (Fsp3) is 0.435. The van der Waals surface area contributed by atoms with E-state index in [0.717, 1.165) is 12.0 Å². The van der Waals surface area contributed by atoms with Crippen LogP contribution in [0.5, 0.6) is 5.88 Å². The molecule has 2 aliphatic rings. The molecule has 1 saturated heterocycles. The van der Waals surface area contributed by atoms with Crippen LogP contribution in [0.2, 0.25) is 0 Å². The highest BCUT2D eigenvalue weighted by molar-refractivity contribution is 5.97. The molecule has 1 atom stereocenters. The fourth-order valence-corrected chi connectivity index (χ4v) is 3.31. The Morgan fingerprint density at radius 2 is 1.93 bits per heavy atom. The van der Waals surface area contributed by atoms with Crippen LogP contribution < -0.4 is 15.4 Å². The molecule has 2 N–H and O–H groups in total. The molecule has 1 aromatic heterocycles. The highest BCUT2D eigenvalue weighted by Gasteiger charge is 2.27. The average molecular weight is 409 g/mol. The first kappa shape index (κ1) is 20.3. The summed E-state index contributed by atoms with van der Waals surface area (Å²) in [7, 11) is 0. The van der Waals surface area contributed by atoms with E-state index in [0.29, 0.717) is 37.1 Å². The Hall–Kier alpha value is -2.93. The quantitative estimate of drug-likeness (QED) is 0.630. The van der Waals surface area contributed by atoms with Gasteiger partial charge in [0.2, 0.25) is 17.7 Å². The van der Waals surface area contributed by atoms with Crippen LogP contribution in [-0.4, -0.2) is 42.2 Å². The number of carbonyl (C=O) groups excluding carboxylic acids is 2. The van der Waals surface area contributed by atoms with Crippen molar-refractivity contribution in [1.82, 2.24) is 10.3 Å². The number of benzene rings is 1. The van der Waals surface area contributed by atoms with Crippen molar-refractivity contribution >= 4 is 17.5 Å². The molecule has 7 nitrogen and oxygen atoms in total. The van der Waals surface area contributed by atoms with Crippen LogP contribution >= 0.6 is 0 Å². The van der Waals surface area contributed by atoms with Gasteiger partial charge in [0.1, 0.15) is 12.1 Å². The number of nitrogens with one attached hydrogen (secondary N) is 2. The smallest absolute Gasteiger partial charge is 0.246 e. The number of carbonyl (C=O) groups is 2. The molecule has 1 saturated carbocycles. The zero-order valence-corrected chi connectivity index (χ0v) is 16.9. The second-order valence-electron chi connectivity index (χ2n) is 7.95. The van der Waals surface area contributed by atoms with E-state index in [1.165, 1.54) is 12.8 Å². The van der Waals surface area contributed by atoms with Gasteiger partial charge in [0.15, 0.2) is 0 Å². The Balaban J connectivity index is 1.33. The van der Waals surface area contributed by atoms with Gasteiger partial charge >= 0.3 is 0 Å². The number of rotatable bonds is 10. The lowest BCUT2D eigenvalue weighted by atomic mass is 10.1. The SMILES string of the molecule is O=C(Cc1ccccc1)NC(CCC1CC1)C(=O)Nc1ccc(OC2COC2)nc1. The van der Waals surface area contributed by atoms with Crippen LogP contribution in [-0.2, 0) is 20.7 Å². The Bertz CT molecular complexity index is 849. The number of ether oxygens (including phenoxy) is 2. The lowest BCUT2D eigenvalue weighted by molar-refractivity contribution is -0.126. The number of hydrogen-bond acceptors (Lipinski definition) is 5. The Morgan fingerprint density at radius 1 is 1.13 bits per heavy atom. The molecule has 7 heteroatoms. The van der Waals surface area contributed by atoms with Crippen LogP contribution in [0.3, 0.4) is 0 Å². The van der Waals surface area contributed by atoms with Gasteiger partial charge in [0.05, 0.1) is 31.5 Å². The molecule has 1 unspecified atom stereocenters. The second kappa shape index (κ2) is 9.71. The molecule has 2 aromatic rings. The van der Waals surface area contributed by atoms with E-state index in [1.807, 2.05) is 30.3 Å². The average Bonchev–Trinajstić information content (AvgIpc) is 3.54. The molecule has 4 rings (SSSR count). The molecule has 1 aliphatic carbocycles. The lowest BCUT2D eigenvalue weighted by Crippen LogP contribution is -2.44. The summed E-state index contributed by atoms with van der Waals surface area (Å²) in [6, 6.07) is 12.4. The third-order valence-corrected chi connectivity index (χ3v) is 5.32. The largest absolute Gasteiger partial charge is 0.469 e. The minimum absolute atomic E-state index is 0.0459. The summed E-state index contributed by atoms with van der Waals surface area (Å²) in [6.45, 7) is 1.15. The Morgan fingerprint density at radius 3 is 2.57 bits per heavy atom. The summed E-state index contributed by atoms with van der Waals surface area (Å²) in [5.74, 6) is 0.810. The summed E-state index contributed by atoms with van der Waals surface area (Å²) in [4.78, 5) is 29.6. The van der Waals surface area contributed by atoms with Crippen molar-refractivity contribution in [2.45, 2.75) is 44.2 Å². The highest BCUT2D eigenvalue weighted by Crippen LogP contribution is 2.34. The zero-order chi connectivity index (χ0) is 20.8. The highest BCUT2D eigenvalue weighted by atomic mass is 16.6. The summed E-state index contributed by atoms with van der Waals surface area (Å²) in [6.07, 6.45) is 5.87. The molecule has 2 fully saturated rings. The normalized spacial score (nSPS) is 16.9. The van der Waals surface area contributed by atoms with E-state index in [4.69, 9.17) is 9.47 Å². The van der Waals surface area contributed by atoms with Crippen molar-refractivity contribution in [3.63, 3.8) is 0 Å². The monoisotopic (exact) mass is 409 g/mol. The lowest BCUT2D eigenvalue weighted by Gasteiger charge is -2.26. The number of nitrogens with zero attached hydrogens (tertiary/aromatic N) is 1. The minimum atomic E-state index is -0.565. The van der Waals surface area contributed by atoms with Gasteiger partial charge < -0.3 is 20.1 Å². The molecule has 30 heavy (non-hydrogen) atoms.